The molecule has 10 nitrogen and oxygen atoms in total. The Morgan fingerprint density at radius 2 is 1.47 bits per heavy atom. The van der Waals surface area contributed by atoms with Crippen molar-refractivity contribution in [3.05, 3.63) is 131 Å². The summed E-state index contributed by atoms with van der Waals surface area (Å²) in [5.41, 5.74) is 6.41. The highest BCUT2D eigenvalue weighted by Crippen LogP contribution is 2.42. The van der Waals surface area contributed by atoms with Gasteiger partial charge < -0.3 is 29.5 Å². The van der Waals surface area contributed by atoms with Gasteiger partial charge in [-0.1, -0.05) is 123 Å². The van der Waals surface area contributed by atoms with Gasteiger partial charge in [0, 0.05) is 18.0 Å². The Morgan fingerprint density at radius 3 is 2.20 bits per heavy atom. The summed E-state index contributed by atoms with van der Waals surface area (Å²) in [6.45, 7) is 5.41. The zero-order valence-corrected chi connectivity index (χ0v) is 31.5. The molecule has 0 bridgehead atoms. The number of aliphatic hydroxyl groups is 1. The first-order chi connectivity index (χ1) is 26.8. The largest absolute Gasteiger partial charge is 0.445 e. The zero-order chi connectivity index (χ0) is 38.1. The number of aliphatic hydroxyl groups excluding tert-OH is 1. The molecule has 5 unspecified atom stereocenters. The molecule has 0 spiro atoms. The minimum Gasteiger partial charge on any atom is -0.445 e. The summed E-state index contributed by atoms with van der Waals surface area (Å²) in [6, 6.07) is 32.3. The van der Waals surface area contributed by atoms with Gasteiger partial charge in [0.15, 0.2) is 6.29 Å². The lowest BCUT2D eigenvalue weighted by atomic mass is 9.89. The van der Waals surface area contributed by atoms with E-state index >= 15 is 0 Å². The van der Waals surface area contributed by atoms with Crippen LogP contribution in [0, 0.1) is 5.92 Å². The van der Waals surface area contributed by atoms with Crippen LogP contribution in [-0.4, -0.2) is 64.6 Å². The summed E-state index contributed by atoms with van der Waals surface area (Å²) < 4.78 is 18.8. The van der Waals surface area contributed by atoms with Gasteiger partial charge in [0.05, 0.1) is 31.8 Å². The number of nitrogens with zero attached hydrogens (tertiary/aromatic N) is 2. The Labute approximate surface area is 323 Å². The highest BCUT2D eigenvalue weighted by Gasteiger charge is 2.40. The number of imide groups is 1. The summed E-state index contributed by atoms with van der Waals surface area (Å²) in [4.78, 5) is 42.3. The third-order valence-corrected chi connectivity index (χ3v) is 11.0. The monoisotopic (exact) mass is 745 g/mol. The molecule has 0 radical (unpaired) electrons. The number of amides is 3. The fourth-order valence-corrected chi connectivity index (χ4v) is 7.81. The maximum Gasteiger partial charge on any atom is 0.408 e. The average Bonchev–Trinajstić information content (AvgIpc) is 3.46. The standard InChI is InChI=1S/C45H51N3O7/c1-31-40(28-47-23-8-3-2-4-9-24-47)54-44(55-42(31)36-17-15-32(29-49)16-18-36)37-21-19-35(20-22-37)38-14-10-13-34(25-38)27-48-41(50)26-39(43(48)51)46-45(52)53-30-33-11-6-5-7-12-33/h5-7,10-22,25,31,39-40,42,44,49H,2-4,8-9,23-24,26-30H2,1H3,(H,46,52). The predicted octanol–water partition coefficient (Wildman–Crippen LogP) is 7.46. The molecule has 3 amide bonds. The van der Waals surface area contributed by atoms with Crippen molar-refractivity contribution in [3.8, 4) is 11.1 Å². The van der Waals surface area contributed by atoms with Crippen LogP contribution < -0.4 is 5.32 Å². The molecule has 3 saturated heterocycles. The number of alkyl carbamates (subject to hydrolysis) is 1. The Kier molecular flexibility index (Phi) is 12.7. The third-order valence-electron chi connectivity index (χ3n) is 11.0. The summed E-state index contributed by atoms with van der Waals surface area (Å²) in [5.74, 6) is -0.676. The molecular formula is C45H51N3O7. The summed E-state index contributed by atoms with van der Waals surface area (Å²) in [6.07, 6.45) is 4.69. The average molecular weight is 746 g/mol. The first kappa shape index (κ1) is 38.4. The van der Waals surface area contributed by atoms with Gasteiger partial charge in [-0.15, -0.1) is 0 Å². The summed E-state index contributed by atoms with van der Waals surface area (Å²) in [5, 5.41) is 12.2. The third kappa shape index (κ3) is 9.69. The Balaban J connectivity index is 1.01. The quantitative estimate of drug-likeness (QED) is 0.152. The van der Waals surface area contributed by atoms with Crippen molar-refractivity contribution in [1.82, 2.24) is 15.1 Å². The number of nitrogens with one attached hydrogen (secondary N) is 1. The number of carbonyl (C=O) groups excluding carboxylic acids is 3. The molecule has 7 rings (SSSR count). The minimum atomic E-state index is -0.966. The van der Waals surface area contributed by atoms with Gasteiger partial charge in [0.2, 0.25) is 5.91 Å². The first-order valence-corrected chi connectivity index (χ1v) is 19.6. The smallest absolute Gasteiger partial charge is 0.408 e. The van der Waals surface area contributed by atoms with Crippen LogP contribution in [-0.2, 0) is 43.6 Å². The van der Waals surface area contributed by atoms with E-state index in [2.05, 4.69) is 29.3 Å². The lowest BCUT2D eigenvalue weighted by Crippen LogP contribution is -2.45. The van der Waals surface area contributed by atoms with E-state index in [9.17, 15) is 19.5 Å². The normalized spacial score (nSPS) is 23.6. The molecule has 3 fully saturated rings. The maximum atomic E-state index is 13.2. The van der Waals surface area contributed by atoms with Crippen LogP contribution >= 0.6 is 0 Å². The van der Waals surface area contributed by atoms with Gasteiger partial charge in [-0.05, 0) is 65.4 Å². The van der Waals surface area contributed by atoms with Crippen LogP contribution in [0.2, 0.25) is 0 Å². The van der Waals surface area contributed by atoms with Crippen molar-refractivity contribution < 1.29 is 33.7 Å². The van der Waals surface area contributed by atoms with Gasteiger partial charge in [-0.3, -0.25) is 14.5 Å². The van der Waals surface area contributed by atoms with Crippen molar-refractivity contribution in [2.75, 3.05) is 19.6 Å². The first-order valence-electron chi connectivity index (χ1n) is 19.6. The van der Waals surface area contributed by atoms with Crippen molar-refractivity contribution in [3.63, 3.8) is 0 Å². The number of rotatable bonds is 11. The molecule has 3 aliphatic heterocycles. The number of ether oxygens (including phenoxy) is 3. The Morgan fingerprint density at radius 1 is 0.782 bits per heavy atom. The van der Waals surface area contributed by atoms with Crippen LogP contribution in [0.4, 0.5) is 4.79 Å². The van der Waals surface area contributed by atoms with E-state index in [0.29, 0.717) is 0 Å². The topological polar surface area (TPSA) is 118 Å². The van der Waals surface area contributed by atoms with E-state index in [1.807, 2.05) is 91.0 Å². The van der Waals surface area contributed by atoms with E-state index in [4.69, 9.17) is 14.2 Å². The number of carbonyl (C=O) groups is 3. The van der Waals surface area contributed by atoms with Gasteiger partial charge >= 0.3 is 6.09 Å². The number of hydrogen-bond acceptors (Lipinski definition) is 8. The van der Waals surface area contributed by atoms with Crippen molar-refractivity contribution in [2.45, 2.75) is 89.7 Å². The van der Waals surface area contributed by atoms with Gasteiger partial charge in [0.1, 0.15) is 12.6 Å². The summed E-state index contributed by atoms with van der Waals surface area (Å²) >= 11 is 0. The maximum absolute atomic E-state index is 13.2. The number of benzene rings is 4. The van der Waals surface area contributed by atoms with Gasteiger partial charge in [-0.25, -0.2) is 4.79 Å². The van der Waals surface area contributed by atoms with Crippen molar-refractivity contribution in [2.24, 2.45) is 5.92 Å². The molecule has 4 aromatic rings. The predicted molar refractivity (Wildman–Crippen MR) is 208 cm³/mol. The van der Waals surface area contributed by atoms with Crippen LogP contribution in [0.25, 0.3) is 11.1 Å². The Hall–Kier alpha value is -4.87. The van der Waals surface area contributed by atoms with E-state index in [1.165, 1.54) is 37.0 Å². The second-order valence-electron chi connectivity index (χ2n) is 15.0. The van der Waals surface area contributed by atoms with E-state index in [1.54, 1.807) is 0 Å². The van der Waals surface area contributed by atoms with Crippen LogP contribution in [0.15, 0.2) is 103 Å². The second kappa shape index (κ2) is 18.2. The molecule has 2 N–H and O–H groups in total. The Bertz CT molecular complexity index is 1890. The molecule has 3 aliphatic rings. The zero-order valence-electron chi connectivity index (χ0n) is 31.5. The highest BCUT2D eigenvalue weighted by molar-refractivity contribution is 6.06. The summed E-state index contributed by atoms with van der Waals surface area (Å²) in [7, 11) is 0. The van der Waals surface area contributed by atoms with Crippen LogP contribution in [0.5, 0.6) is 0 Å². The molecule has 3 heterocycles. The van der Waals surface area contributed by atoms with E-state index in [-0.39, 0.29) is 50.2 Å². The lowest BCUT2D eigenvalue weighted by Gasteiger charge is -2.43. The molecule has 55 heavy (non-hydrogen) atoms. The van der Waals surface area contributed by atoms with Crippen molar-refractivity contribution >= 4 is 17.9 Å². The van der Waals surface area contributed by atoms with Crippen LogP contribution in [0.1, 0.15) is 85.7 Å². The van der Waals surface area contributed by atoms with Crippen molar-refractivity contribution in [1.29, 1.82) is 0 Å². The SMILES string of the molecule is CC1C(CN2CCCCCCC2)OC(c2ccc(-c3cccc(CN4C(=O)CC(NC(=O)OCc5ccccc5)C4=O)c3)cc2)OC1c1ccc(CO)cc1. The molecule has 5 atom stereocenters. The number of likely N-dealkylation sites (tertiary alicyclic amines) is 2. The van der Waals surface area contributed by atoms with E-state index in [0.717, 1.165) is 58.6 Å². The molecule has 10 heteroatoms. The van der Waals surface area contributed by atoms with Crippen LogP contribution in [0.3, 0.4) is 0 Å². The molecule has 4 aromatic carbocycles. The fourth-order valence-electron chi connectivity index (χ4n) is 7.81. The van der Waals surface area contributed by atoms with Gasteiger partial charge in [-0.2, -0.15) is 0 Å². The lowest BCUT2D eigenvalue weighted by molar-refractivity contribution is -0.276. The highest BCUT2D eigenvalue weighted by atomic mass is 16.7. The van der Waals surface area contributed by atoms with E-state index < -0.39 is 24.3 Å². The molecule has 0 aliphatic carbocycles. The molecular weight excluding hydrogens is 695 g/mol. The molecule has 288 valence electrons. The fraction of sp³-hybridized carbons (Fsp3) is 0.400. The molecule has 0 aromatic heterocycles. The number of hydrogen-bond donors (Lipinski definition) is 2. The van der Waals surface area contributed by atoms with Gasteiger partial charge in [0.25, 0.3) is 5.91 Å². The second-order valence-corrected chi connectivity index (χ2v) is 15.0. The minimum absolute atomic E-state index is 0.000294. The molecule has 0 saturated carbocycles.